The second-order valence-electron chi connectivity index (χ2n) is 0.329. The van der Waals surface area contributed by atoms with Crippen LogP contribution in [-0.2, 0) is 82.8 Å². The van der Waals surface area contributed by atoms with Crippen LogP contribution in [-0.4, -0.2) is 46.7 Å². The van der Waals surface area contributed by atoms with Gasteiger partial charge >= 0.3 is 130 Å². The Morgan fingerprint density at radius 2 is 1.33 bits per heavy atom. The summed E-state index contributed by atoms with van der Waals surface area (Å²) in [7, 11) is 0. The summed E-state index contributed by atoms with van der Waals surface area (Å²) in [4.78, 5) is 0. The van der Waals surface area contributed by atoms with Gasteiger partial charge in [-0.05, 0) is 0 Å². The van der Waals surface area contributed by atoms with Gasteiger partial charge in [0.25, 0.3) is 0 Å². The Balaban J connectivity index is -0.0000000771. The predicted molar refractivity (Wildman–Crippen MR) is 9.58 cm³/mol. The standard InChI is InChI=1S/Ba.Cu.5O.2Y. The van der Waals surface area contributed by atoms with Gasteiger partial charge in [-0.2, -0.15) is 0 Å². The van der Waals surface area contributed by atoms with E-state index in [-0.39, 0.29) is 46.7 Å². The van der Waals surface area contributed by atoms with Gasteiger partial charge in [0, 0.05) is 0 Å². The Morgan fingerprint density at radius 3 is 1.33 bits per heavy atom. The van der Waals surface area contributed by atoms with Crippen LogP contribution in [0.25, 0.3) is 0 Å². The average Bonchev–Trinajstić information content (AvgIpc) is 1.98. The first-order valence-corrected chi connectivity index (χ1v) is 8.19. The van der Waals surface area contributed by atoms with E-state index in [9.17, 15) is 4.09 Å². The van der Waals surface area contributed by atoms with Crippen molar-refractivity contribution in [2.24, 2.45) is 0 Å². The van der Waals surface area contributed by atoms with E-state index in [1.165, 1.54) is 0 Å². The fourth-order valence-corrected chi connectivity index (χ4v) is 0.794. The summed E-state index contributed by atoms with van der Waals surface area (Å²) in [5.74, 6) is 0. The third-order valence-corrected chi connectivity index (χ3v) is 3.89. The Labute approximate surface area is 125 Å². The van der Waals surface area contributed by atoms with Crippen molar-refractivity contribution >= 4 is 46.7 Å². The van der Waals surface area contributed by atoms with Crippen LogP contribution in [0.4, 0.5) is 0 Å². The normalized spacial score (nSPS) is 4.00. The Kier molecular flexibility index (Phi) is 61.0. The summed E-state index contributed by atoms with van der Waals surface area (Å²) in [6, 6.07) is 0. The molecule has 0 aromatic heterocycles. The summed E-state index contributed by atoms with van der Waals surface area (Å²) < 4.78 is 39.0. The van der Waals surface area contributed by atoms with E-state index in [2.05, 4.69) is 15.3 Å². The quantitative estimate of drug-likeness (QED) is 0.500. The fraction of sp³-hybridized carbons (Fsp3) is 0. The maximum atomic E-state index is 9.35. The second-order valence-corrected chi connectivity index (χ2v) is 5.90. The molecule has 0 rings (SSSR count). The molecule has 0 aliphatic heterocycles. The molecule has 9 heteroatoms. The molecule has 0 unspecified atom stereocenters. The zero-order chi connectivity index (χ0) is 8.12. The predicted octanol–water partition coefficient (Wildman–Crippen LogP) is -0.932. The van der Waals surface area contributed by atoms with Crippen molar-refractivity contribution in [3.05, 3.63) is 0 Å². The zero-order valence-electron chi connectivity index (χ0n) is 4.20. The van der Waals surface area contributed by atoms with E-state index < -0.39 is 59.5 Å². The molecular formula is BaCuO5Y2. The molecule has 0 aliphatic rings. The van der Waals surface area contributed by atoms with Crippen LogP contribution >= 0.6 is 0 Å². The van der Waals surface area contributed by atoms with E-state index in [4.69, 9.17) is 3.87 Å². The summed E-state index contributed by atoms with van der Waals surface area (Å²) in [5, 5.41) is 0. The Bertz CT molecular complexity index is 60.0. The van der Waals surface area contributed by atoms with Crippen LogP contribution in [0, 0.1) is 0 Å². The van der Waals surface area contributed by atoms with E-state index in [0.29, 0.717) is 0 Å². The molecule has 0 aromatic carbocycles. The van der Waals surface area contributed by atoms with Gasteiger partial charge in [-0.25, -0.2) is 0 Å². The van der Waals surface area contributed by atoms with Crippen LogP contribution < -0.4 is 0 Å². The first-order valence-electron chi connectivity index (χ1n) is 1.35. The first-order chi connectivity index (χ1) is 4.41. The van der Waals surface area contributed by atoms with Gasteiger partial charge in [-0.3, -0.25) is 0 Å². The molecule has 0 heterocycles. The molecule has 0 bridgehead atoms. The zero-order valence-corrected chi connectivity index (χ0v) is 15.3. The van der Waals surface area contributed by atoms with Gasteiger partial charge in [0.1, 0.15) is 0 Å². The molecule has 0 radical (unpaired) electrons. The van der Waals surface area contributed by atoms with E-state index in [0.717, 1.165) is 0 Å². The fourth-order valence-electron chi connectivity index (χ4n) is 0.0227. The van der Waals surface area contributed by atoms with E-state index >= 15 is 0 Å². The van der Waals surface area contributed by atoms with Crippen LogP contribution in [0.2, 0.25) is 0 Å². The monoisotopic (exact) mass is 459 g/mol. The molecule has 0 spiro atoms. The van der Waals surface area contributed by atoms with Crippen molar-refractivity contribution in [3.8, 4) is 0 Å². The van der Waals surface area contributed by atoms with Gasteiger partial charge in [0.05, 0.1) is 0 Å². The van der Waals surface area contributed by atoms with Crippen LogP contribution in [0.5, 0.6) is 0 Å². The molecule has 9 heavy (non-hydrogen) atoms. The van der Waals surface area contributed by atoms with Gasteiger partial charge < -0.3 is 0 Å². The molecule has 0 saturated heterocycles. The topological polar surface area (TPSA) is 77.5 Å². The van der Waals surface area contributed by atoms with Crippen molar-refractivity contribution < 1.29 is 82.8 Å². The number of rotatable bonds is 2. The van der Waals surface area contributed by atoms with Crippen LogP contribution in [0.1, 0.15) is 0 Å². The van der Waals surface area contributed by atoms with E-state index in [1.54, 1.807) is 0 Å². The molecule has 49 valence electrons. The van der Waals surface area contributed by atoms with Gasteiger partial charge in [-0.1, -0.05) is 0 Å². The molecule has 0 saturated carbocycles. The van der Waals surface area contributed by atoms with Crippen molar-refractivity contribution in [3.63, 3.8) is 0 Å². The van der Waals surface area contributed by atoms with Crippen LogP contribution in [0.3, 0.4) is 0 Å². The number of hydrogen-bond donors (Lipinski definition) is 0. The molecule has 0 amide bonds. The third kappa shape index (κ3) is 34.4. The summed E-state index contributed by atoms with van der Waals surface area (Å²) in [6.07, 6.45) is 0. The minimum absolute atomic E-state index is 0.222. The SMILES string of the molecule is [O]=[Ba].[O]=[Cu].[O]=[Y][O][Y]=[O]. The Morgan fingerprint density at radius 1 is 1.11 bits per heavy atom. The van der Waals surface area contributed by atoms with Crippen molar-refractivity contribution in [2.75, 3.05) is 0 Å². The average molecular weight is 459 g/mol. The Hall–Kier alpha value is 3.46. The molecule has 0 fully saturated rings. The first kappa shape index (κ1) is 18.3. The molecular weight excluding hydrogens is 459 g/mol. The van der Waals surface area contributed by atoms with Crippen LogP contribution in [0.15, 0.2) is 0 Å². The molecule has 0 aliphatic carbocycles. The van der Waals surface area contributed by atoms with Gasteiger partial charge in [0.15, 0.2) is 0 Å². The molecule has 0 atom stereocenters. The van der Waals surface area contributed by atoms with Crippen molar-refractivity contribution in [1.82, 2.24) is 0 Å². The number of hydrogen-bond acceptors (Lipinski definition) is 5. The maximum absolute atomic E-state index is 9.35. The summed E-state index contributed by atoms with van der Waals surface area (Å²) in [6.45, 7) is 0. The van der Waals surface area contributed by atoms with Gasteiger partial charge in [-0.15, -0.1) is 0 Å². The third-order valence-electron chi connectivity index (χ3n) is 0.111. The molecule has 0 N–H and O–H groups in total. The summed E-state index contributed by atoms with van der Waals surface area (Å²) >= 11 is -1.10. The van der Waals surface area contributed by atoms with Gasteiger partial charge in [0.2, 0.25) is 0 Å². The molecule has 5 nitrogen and oxygen atoms in total. The second kappa shape index (κ2) is 30.0. The minimum atomic E-state index is -1.91. The van der Waals surface area contributed by atoms with Crippen molar-refractivity contribution in [2.45, 2.75) is 0 Å². The molecule has 0 aromatic rings. The summed E-state index contributed by atoms with van der Waals surface area (Å²) in [5.41, 5.74) is 0. The van der Waals surface area contributed by atoms with Crippen molar-refractivity contribution in [1.29, 1.82) is 0 Å². The van der Waals surface area contributed by atoms with E-state index in [1.807, 2.05) is 0 Å².